The largest absolute Gasteiger partial charge is 0.341 e. The molecule has 1 amide bonds. The van der Waals surface area contributed by atoms with Crippen LogP contribution in [0.15, 0.2) is 24.3 Å². The standard InChI is InChI=1S/C14H17FN2O/c1-3-17(10-11(2)9-16)14(18)8-12-5-4-6-13(15)7-12/h4-7,11H,3,8,10H2,1-2H3. The molecule has 1 rings (SSSR count). The first-order valence-corrected chi connectivity index (χ1v) is 5.98. The summed E-state index contributed by atoms with van der Waals surface area (Å²) in [6.07, 6.45) is 0.170. The fraction of sp³-hybridized carbons (Fsp3) is 0.429. The fourth-order valence-corrected chi connectivity index (χ4v) is 1.71. The van der Waals surface area contributed by atoms with Gasteiger partial charge in [0.2, 0.25) is 5.91 Å². The molecule has 0 saturated heterocycles. The molecule has 1 aromatic carbocycles. The zero-order valence-corrected chi connectivity index (χ0v) is 10.7. The number of nitriles is 1. The van der Waals surface area contributed by atoms with Crippen molar-refractivity contribution in [2.24, 2.45) is 5.92 Å². The first-order valence-electron chi connectivity index (χ1n) is 5.98. The Balaban J connectivity index is 2.66. The van der Waals surface area contributed by atoms with Gasteiger partial charge in [0.05, 0.1) is 18.4 Å². The Morgan fingerprint density at radius 1 is 1.56 bits per heavy atom. The molecule has 0 spiro atoms. The maximum absolute atomic E-state index is 13.0. The zero-order chi connectivity index (χ0) is 13.5. The average Bonchev–Trinajstić information content (AvgIpc) is 2.35. The van der Waals surface area contributed by atoms with Gasteiger partial charge in [-0.25, -0.2) is 4.39 Å². The SMILES string of the molecule is CCN(CC(C)C#N)C(=O)Cc1cccc(F)c1. The average molecular weight is 248 g/mol. The predicted molar refractivity (Wildman–Crippen MR) is 67.1 cm³/mol. The fourth-order valence-electron chi connectivity index (χ4n) is 1.71. The highest BCUT2D eigenvalue weighted by Gasteiger charge is 2.15. The molecule has 0 radical (unpaired) electrons. The second kappa shape index (κ2) is 6.75. The Hall–Kier alpha value is -1.89. The number of hydrogen-bond acceptors (Lipinski definition) is 2. The van der Waals surface area contributed by atoms with E-state index in [1.807, 2.05) is 6.92 Å². The van der Waals surface area contributed by atoms with Crippen LogP contribution in [-0.2, 0) is 11.2 Å². The molecule has 0 aliphatic carbocycles. The third-order valence-electron chi connectivity index (χ3n) is 2.69. The summed E-state index contributed by atoms with van der Waals surface area (Å²) in [6.45, 7) is 4.62. The van der Waals surface area contributed by atoms with Crippen LogP contribution in [0.3, 0.4) is 0 Å². The second-order valence-electron chi connectivity index (χ2n) is 4.27. The van der Waals surface area contributed by atoms with Crippen LogP contribution in [-0.4, -0.2) is 23.9 Å². The summed E-state index contributed by atoms with van der Waals surface area (Å²) in [6, 6.07) is 8.13. The van der Waals surface area contributed by atoms with Crippen molar-refractivity contribution in [3.63, 3.8) is 0 Å². The van der Waals surface area contributed by atoms with E-state index in [1.165, 1.54) is 12.1 Å². The number of hydrogen-bond donors (Lipinski definition) is 0. The first kappa shape index (κ1) is 14.2. The number of amides is 1. The summed E-state index contributed by atoms with van der Waals surface area (Å²) in [4.78, 5) is 13.6. The minimum absolute atomic E-state index is 0.0785. The molecule has 1 aromatic rings. The highest BCUT2D eigenvalue weighted by atomic mass is 19.1. The number of nitrogens with zero attached hydrogens (tertiary/aromatic N) is 2. The summed E-state index contributed by atoms with van der Waals surface area (Å²) >= 11 is 0. The third-order valence-corrected chi connectivity index (χ3v) is 2.69. The van der Waals surface area contributed by atoms with Gasteiger partial charge in [-0.1, -0.05) is 12.1 Å². The van der Waals surface area contributed by atoms with Crippen LogP contribution in [0.5, 0.6) is 0 Å². The van der Waals surface area contributed by atoms with Crippen LogP contribution in [0.1, 0.15) is 19.4 Å². The lowest BCUT2D eigenvalue weighted by atomic mass is 10.1. The summed E-state index contributed by atoms with van der Waals surface area (Å²) in [5, 5.41) is 8.75. The summed E-state index contributed by atoms with van der Waals surface area (Å²) < 4.78 is 13.0. The highest BCUT2D eigenvalue weighted by molar-refractivity contribution is 5.78. The van der Waals surface area contributed by atoms with E-state index in [2.05, 4.69) is 6.07 Å². The van der Waals surface area contributed by atoms with Crippen molar-refractivity contribution in [3.8, 4) is 6.07 Å². The monoisotopic (exact) mass is 248 g/mol. The van der Waals surface area contributed by atoms with Crippen LogP contribution >= 0.6 is 0 Å². The Morgan fingerprint density at radius 2 is 2.28 bits per heavy atom. The van der Waals surface area contributed by atoms with E-state index in [0.717, 1.165) is 0 Å². The van der Waals surface area contributed by atoms with E-state index < -0.39 is 0 Å². The van der Waals surface area contributed by atoms with E-state index >= 15 is 0 Å². The number of benzene rings is 1. The molecule has 0 fully saturated rings. The molecule has 4 heteroatoms. The minimum Gasteiger partial charge on any atom is -0.341 e. The number of carbonyl (C=O) groups is 1. The van der Waals surface area contributed by atoms with Crippen molar-refractivity contribution >= 4 is 5.91 Å². The Morgan fingerprint density at radius 3 is 2.83 bits per heavy atom. The molecule has 0 heterocycles. The number of carbonyl (C=O) groups excluding carboxylic acids is 1. The normalized spacial score (nSPS) is 11.7. The quantitative estimate of drug-likeness (QED) is 0.803. The van der Waals surface area contributed by atoms with Gasteiger partial charge in [-0.05, 0) is 31.5 Å². The molecular formula is C14H17FN2O. The Labute approximate surface area is 107 Å². The summed E-state index contributed by atoms with van der Waals surface area (Å²) in [5.41, 5.74) is 0.656. The molecule has 0 aliphatic heterocycles. The number of rotatable bonds is 5. The second-order valence-corrected chi connectivity index (χ2v) is 4.27. The van der Waals surface area contributed by atoms with Gasteiger partial charge in [-0.3, -0.25) is 4.79 Å². The maximum atomic E-state index is 13.0. The molecule has 1 atom stereocenters. The van der Waals surface area contributed by atoms with Gasteiger partial charge in [-0.15, -0.1) is 0 Å². The molecule has 0 bridgehead atoms. The lowest BCUT2D eigenvalue weighted by Crippen LogP contribution is -2.35. The van der Waals surface area contributed by atoms with Crippen LogP contribution in [0.25, 0.3) is 0 Å². The lowest BCUT2D eigenvalue weighted by Gasteiger charge is -2.22. The molecule has 0 N–H and O–H groups in total. The van der Waals surface area contributed by atoms with Crippen LogP contribution < -0.4 is 0 Å². The van der Waals surface area contributed by atoms with Crippen molar-refractivity contribution in [2.45, 2.75) is 20.3 Å². The van der Waals surface area contributed by atoms with Gasteiger partial charge in [0.1, 0.15) is 5.82 Å². The smallest absolute Gasteiger partial charge is 0.227 e. The van der Waals surface area contributed by atoms with E-state index in [4.69, 9.17) is 5.26 Å². The van der Waals surface area contributed by atoms with Gasteiger partial charge in [0, 0.05) is 13.1 Å². The molecule has 96 valence electrons. The molecule has 0 aliphatic rings. The number of likely N-dealkylation sites (N-methyl/N-ethyl adjacent to an activating group) is 1. The topological polar surface area (TPSA) is 44.1 Å². The van der Waals surface area contributed by atoms with E-state index in [9.17, 15) is 9.18 Å². The van der Waals surface area contributed by atoms with Gasteiger partial charge in [0.15, 0.2) is 0 Å². The molecule has 0 saturated carbocycles. The van der Waals surface area contributed by atoms with Crippen molar-refractivity contribution in [1.29, 1.82) is 5.26 Å². The molecular weight excluding hydrogens is 231 g/mol. The molecule has 1 unspecified atom stereocenters. The van der Waals surface area contributed by atoms with Gasteiger partial charge >= 0.3 is 0 Å². The Bertz CT molecular complexity index is 453. The van der Waals surface area contributed by atoms with Gasteiger partial charge in [-0.2, -0.15) is 5.26 Å². The summed E-state index contributed by atoms with van der Waals surface area (Å²) in [7, 11) is 0. The van der Waals surface area contributed by atoms with Crippen molar-refractivity contribution < 1.29 is 9.18 Å². The van der Waals surface area contributed by atoms with Gasteiger partial charge in [0.25, 0.3) is 0 Å². The van der Waals surface area contributed by atoms with E-state index in [-0.39, 0.29) is 24.1 Å². The van der Waals surface area contributed by atoms with Crippen LogP contribution in [0, 0.1) is 23.1 Å². The minimum atomic E-state index is -0.339. The van der Waals surface area contributed by atoms with E-state index in [1.54, 1.807) is 24.0 Å². The summed E-state index contributed by atoms with van der Waals surface area (Å²) in [5.74, 6) is -0.611. The van der Waals surface area contributed by atoms with Crippen LogP contribution in [0.4, 0.5) is 4.39 Å². The third kappa shape index (κ3) is 4.17. The number of halogens is 1. The van der Waals surface area contributed by atoms with Gasteiger partial charge < -0.3 is 4.90 Å². The molecule has 3 nitrogen and oxygen atoms in total. The van der Waals surface area contributed by atoms with Crippen molar-refractivity contribution in [2.75, 3.05) is 13.1 Å². The molecule has 18 heavy (non-hydrogen) atoms. The van der Waals surface area contributed by atoms with Crippen molar-refractivity contribution in [1.82, 2.24) is 4.90 Å². The zero-order valence-electron chi connectivity index (χ0n) is 10.7. The predicted octanol–water partition coefficient (Wildman–Crippen LogP) is 2.38. The van der Waals surface area contributed by atoms with Crippen molar-refractivity contribution in [3.05, 3.63) is 35.6 Å². The Kier molecular flexibility index (Phi) is 5.31. The highest BCUT2D eigenvalue weighted by Crippen LogP contribution is 2.07. The van der Waals surface area contributed by atoms with E-state index in [0.29, 0.717) is 18.7 Å². The maximum Gasteiger partial charge on any atom is 0.227 e. The first-order chi connectivity index (χ1) is 8.56. The molecule has 0 aromatic heterocycles. The van der Waals surface area contributed by atoms with Crippen LogP contribution in [0.2, 0.25) is 0 Å². The lowest BCUT2D eigenvalue weighted by molar-refractivity contribution is -0.130.